The van der Waals surface area contributed by atoms with Gasteiger partial charge >= 0.3 is 5.97 Å². The van der Waals surface area contributed by atoms with Crippen molar-refractivity contribution in [1.82, 2.24) is 4.90 Å². The maximum absolute atomic E-state index is 12.0. The van der Waals surface area contributed by atoms with Crippen molar-refractivity contribution in [2.45, 2.75) is 19.0 Å². The smallest absolute Gasteiger partial charge is 0.321 e. The molecule has 0 spiro atoms. The molecule has 0 aliphatic heterocycles. The van der Waals surface area contributed by atoms with E-state index in [9.17, 15) is 9.59 Å². The molecule has 6 heteroatoms. The predicted molar refractivity (Wildman–Crippen MR) is 80.6 cm³/mol. The Morgan fingerprint density at radius 2 is 1.95 bits per heavy atom. The summed E-state index contributed by atoms with van der Waals surface area (Å²) in [4.78, 5) is 24.3. The summed E-state index contributed by atoms with van der Waals surface area (Å²) >= 11 is 1.24. The molecule has 0 aliphatic carbocycles. The molecule has 0 bridgehead atoms. The Kier molecular flexibility index (Phi) is 6.54. The highest BCUT2D eigenvalue weighted by molar-refractivity contribution is 8.00. The van der Waals surface area contributed by atoms with Crippen LogP contribution < -0.4 is 5.73 Å². The van der Waals surface area contributed by atoms with Gasteiger partial charge in [-0.1, -0.05) is 30.3 Å². The Morgan fingerprint density at radius 1 is 1.35 bits per heavy atom. The van der Waals surface area contributed by atoms with Gasteiger partial charge in [-0.05, 0) is 12.5 Å². The van der Waals surface area contributed by atoms with E-state index in [2.05, 4.69) is 0 Å². The van der Waals surface area contributed by atoms with Gasteiger partial charge in [0, 0.05) is 12.8 Å². The molecule has 110 valence electrons. The van der Waals surface area contributed by atoms with Gasteiger partial charge in [-0.3, -0.25) is 9.59 Å². The average Bonchev–Trinajstić information content (AvgIpc) is 2.46. The Hall–Kier alpha value is -1.53. The van der Waals surface area contributed by atoms with Gasteiger partial charge in [0.1, 0.15) is 6.04 Å². The number of nitrogens with two attached hydrogens (primary N) is 1. The molecule has 0 aromatic heterocycles. The molecule has 1 aromatic carbocycles. The molecule has 3 N–H and O–H groups in total. The number of carbonyl (C=O) groups excluding carboxylic acids is 1. The summed E-state index contributed by atoms with van der Waals surface area (Å²) in [7, 11) is 1.75. The summed E-state index contributed by atoms with van der Waals surface area (Å²) in [6, 6.07) is 8.81. The number of thioether (sulfide) groups is 1. The Bertz CT molecular complexity index is 453. The van der Waals surface area contributed by atoms with Crippen molar-refractivity contribution in [3.05, 3.63) is 35.9 Å². The molecule has 1 rings (SSSR count). The molecule has 0 aliphatic rings. The normalized spacial score (nSPS) is 13.6. The van der Waals surface area contributed by atoms with Gasteiger partial charge in [0.05, 0.1) is 11.8 Å². The number of hydrogen-bond donors (Lipinski definition) is 2. The van der Waals surface area contributed by atoms with Crippen LogP contribution in [0, 0.1) is 0 Å². The minimum atomic E-state index is -1.05. The lowest BCUT2D eigenvalue weighted by molar-refractivity contribution is -0.138. The number of carbonyl (C=O) groups is 2. The summed E-state index contributed by atoms with van der Waals surface area (Å²) in [5.41, 5.74) is 6.45. The molecular formula is C14H20N2O3S. The second-order valence-electron chi connectivity index (χ2n) is 4.55. The monoisotopic (exact) mass is 296 g/mol. The average molecular weight is 296 g/mol. The van der Waals surface area contributed by atoms with Crippen molar-refractivity contribution in [1.29, 1.82) is 0 Å². The van der Waals surface area contributed by atoms with E-state index < -0.39 is 12.0 Å². The second kappa shape index (κ2) is 7.91. The maximum atomic E-state index is 12.0. The first-order chi connectivity index (χ1) is 9.43. The second-order valence-corrected chi connectivity index (χ2v) is 5.58. The Morgan fingerprint density at radius 3 is 2.50 bits per heavy atom. The molecule has 2 atom stereocenters. The van der Waals surface area contributed by atoms with E-state index in [1.165, 1.54) is 11.8 Å². The summed E-state index contributed by atoms with van der Waals surface area (Å²) in [5.74, 6) is -0.622. The number of amides is 1. The highest BCUT2D eigenvalue weighted by atomic mass is 32.2. The van der Waals surface area contributed by atoms with E-state index in [1.807, 2.05) is 37.3 Å². The van der Waals surface area contributed by atoms with E-state index in [-0.39, 0.29) is 23.5 Å². The first-order valence-electron chi connectivity index (χ1n) is 6.30. The number of nitrogens with zero attached hydrogens (tertiary/aromatic N) is 1. The Balaban J connectivity index is 2.45. The van der Waals surface area contributed by atoms with Crippen LogP contribution in [0.3, 0.4) is 0 Å². The first-order valence-corrected chi connectivity index (χ1v) is 7.45. The van der Waals surface area contributed by atoms with E-state index in [0.29, 0.717) is 0 Å². The van der Waals surface area contributed by atoms with E-state index in [0.717, 1.165) is 5.56 Å². The van der Waals surface area contributed by atoms with Crippen molar-refractivity contribution >= 4 is 23.6 Å². The summed E-state index contributed by atoms with van der Waals surface area (Å²) in [6.07, 6.45) is 0. The molecule has 0 saturated heterocycles. The SMILES string of the molecule is CC(c1ccccc1)N(C)C(=O)CSC[C@@H](N)C(=O)O. The fourth-order valence-electron chi connectivity index (χ4n) is 1.62. The first kappa shape index (κ1) is 16.5. The molecule has 20 heavy (non-hydrogen) atoms. The van der Waals surface area contributed by atoms with Gasteiger partial charge in [-0.2, -0.15) is 0 Å². The quantitative estimate of drug-likeness (QED) is 0.793. The zero-order valence-corrected chi connectivity index (χ0v) is 12.5. The third-order valence-electron chi connectivity index (χ3n) is 3.10. The number of rotatable bonds is 7. The molecule has 1 aromatic rings. The third kappa shape index (κ3) is 4.86. The third-order valence-corrected chi connectivity index (χ3v) is 4.14. The van der Waals surface area contributed by atoms with Crippen LogP contribution in [0.5, 0.6) is 0 Å². The summed E-state index contributed by atoms with van der Waals surface area (Å²) in [6.45, 7) is 1.96. The van der Waals surface area contributed by atoms with Crippen LogP contribution in [0.2, 0.25) is 0 Å². The zero-order valence-electron chi connectivity index (χ0n) is 11.7. The van der Waals surface area contributed by atoms with E-state index >= 15 is 0 Å². The summed E-state index contributed by atoms with van der Waals surface area (Å²) in [5, 5.41) is 8.66. The molecule has 1 amide bonds. The molecule has 0 fully saturated rings. The van der Waals surface area contributed by atoms with Crippen molar-refractivity contribution < 1.29 is 14.7 Å². The molecule has 0 radical (unpaired) electrons. The van der Waals surface area contributed by atoms with Gasteiger partial charge in [0.2, 0.25) is 5.91 Å². The predicted octanol–water partition coefficient (Wildman–Crippen LogP) is 1.35. The largest absolute Gasteiger partial charge is 0.480 e. The van der Waals surface area contributed by atoms with Crippen molar-refractivity contribution in [3.63, 3.8) is 0 Å². The minimum Gasteiger partial charge on any atom is -0.480 e. The Labute approximate surface area is 123 Å². The van der Waals surface area contributed by atoms with Crippen LogP contribution in [-0.4, -0.2) is 46.5 Å². The van der Waals surface area contributed by atoms with Crippen LogP contribution in [0.15, 0.2) is 30.3 Å². The molecule has 1 unspecified atom stereocenters. The van der Waals surface area contributed by atoms with Crippen LogP contribution in [0.1, 0.15) is 18.5 Å². The van der Waals surface area contributed by atoms with Crippen molar-refractivity contribution in [2.24, 2.45) is 5.73 Å². The fraction of sp³-hybridized carbons (Fsp3) is 0.429. The molecule has 0 saturated carbocycles. The van der Waals surface area contributed by atoms with Gasteiger partial charge in [0.25, 0.3) is 0 Å². The van der Waals surface area contributed by atoms with E-state index in [1.54, 1.807) is 11.9 Å². The molecule has 5 nitrogen and oxygen atoms in total. The number of benzene rings is 1. The number of hydrogen-bond acceptors (Lipinski definition) is 4. The fourth-order valence-corrected chi connectivity index (χ4v) is 2.51. The molecule has 0 heterocycles. The number of aliphatic carboxylic acids is 1. The number of carboxylic acids is 1. The zero-order chi connectivity index (χ0) is 15.1. The van der Waals surface area contributed by atoms with Crippen LogP contribution in [0.4, 0.5) is 0 Å². The topological polar surface area (TPSA) is 83.6 Å². The van der Waals surface area contributed by atoms with Gasteiger partial charge in [-0.15, -0.1) is 11.8 Å². The lowest BCUT2D eigenvalue weighted by Gasteiger charge is -2.25. The van der Waals surface area contributed by atoms with Crippen molar-refractivity contribution in [2.75, 3.05) is 18.6 Å². The van der Waals surface area contributed by atoms with Crippen molar-refractivity contribution in [3.8, 4) is 0 Å². The minimum absolute atomic E-state index is 0.0163. The standard InChI is InChI=1S/C14H20N2O3S/c1-10(11-6-4-3-5-7-11)16(2)13(17)9-20-8-12(15)14(18)19/h3-7,10,12H,8-9,15H2,1-2H3,(H,18,19)/t10?,12-/m1/s1. The van der Waals surface area contributed by atoms with Crippen LogP contribution >= 0.6 is 11.8 Å². The number of carboxylic acid groups (broad SMARTS) is 1. The summed E-state index contributed by atoms with van der Waals surface area (Å²) < 4.78 is 0. The lowest BCUT2D eigenvalue weighted by atomic mass is 10.1. The highest BCUT2D eigenvalue weighted by Crippen LogP contribution is 2.19. The van der Waals surface area contributed by atoms with E-state index in [4.69, 9.17) is 10.8 Å². The highest BCUT2D eigenvalue weighted by Gasteiger charge is 2.18. The van der Waals surface area contributed by atoms with Gasteiger partial charge in [-0.25, -0.2) is 0 Å². The van der Waals surface area contributed by atoms with Gasteiger partial charge < -0.3 is 15.7 Å². The lowest BCUT2D eigenvalue weighted by Crippen LogP contribution is -2.34. The maximum Gasteiger partial charge on any atom is 0.321 e. The van der Waals surface area contributed by atoms with Gasteiger partial charge in [0.15, 0.2) is 0 Å². The van der Waals surface area contributed by atoms with Crippen LogP contribution in [0.25, 0.3) is 0 Å². The molecular weight excluding hydrogens is 276 g/mol. The van der Waals surface area contributed by atoms with Crippen LogP contribution in [-0.2, 0) is 9.59 Å².